The Balaban J connectivity index is 2.23. The van der Waals surface area contributed by atoms with Gasteiger partial charge in [-0.05, 0) is 31.4 Å². The van der Waals surface area contributed by atoms with Gasteiger partial charge in [0, 0.05) is 19.1 Å². The van der Waals surface area contributed by atoms with E-state index in [0.717, 1.165) is 19.5 Å². The van der Waals surface area contributed by atoms with Crippen molar-refractivity contribution in [2.24, 2.45) is 0 Å². The van der Waals surface area contributed by atoms with E-state index in [-0.39, 0.29) is 6.04 Å². The highest BCUT2D eigenvalue weighted by atomic mass is 16.3. The Kier molecular flexibility index (Phi) is 5.76. The Morgan fingerprint density at radius 1 is 0.864 bits per heavy atom. The molecule has 0 aliphatic rings. The van der Waals surface area contributed by atoms with Gasteiger partial charge in [0.15, 0.2) is 0 Å². The largest absolute Gasteiger partial charge is 0.389 e. The van der Waals surface area contributed by atoms with Crippen molar-refractivity contribution in [1.82, 2.24) is 4.90 Å². The third-order valence-electron chi connectivity index (χ3n) is 4.10. The average molecular weight is 297 g/mol. The van der Waals surface area contributed by atoms with E-state index in [1.807, 2.05) is 26.0 Å². The van der Waals surface area contributed by atoms with Crippen LogP contribution in [0.15, 0.2) is 60.7 Å². The van der Waals surface area contributed by atoms with E-state index in [4.69, 9.17) is 0 Å². The standard InChI is InChI=1S/C20H27NO/c1-4-19(20(2,3)22)21(15-17-11-7-5-8-12-17)16-18-13-9-6-10-14-18/h5-14,19,22H,4,15-16H2,1-3H3/t19-/m0/s1. The lowest BCUT2D eigenvalue weighted by atomic mass is 9.93. The molecule has 0 heterocycles. The van der Waals surface area contributed by atoms with Gasteiger partial charge in [-0.15, -0.1) is 0 Å². The molecule has 0 bridgehead atoms. The van der Waals surface area contributed by atoms with Crippen LogP contribution in [0.5, 0.6) is 0 Å². The number of aliphatic hydroxyl groups is 1. The molecule has 1 N–H and O–H groups in total. The molecule has 22 heavy (non-hydrogen) atoms. The number of benzene rings is 2. The molecule has 0 aromatic heterocycles. The van der Waals surface area contributed by atoms with Crippen LogP contribution in [0, 0.1) is 0 Å². The third kappa shape index (κ3) is 4.69. The van der Waals surface area contributed by atoms with Crippen LogP contribution in [-0.2, 0) is 13.1 Å². The molecule has 1 atom stereocenters. The van der Waals surface area contributed by atoms with Crippen molar-refractivity contribution in [3.05, 3.63) is 71.8 Å². The van der Waals surface area contributed by atoms with Gasteiger partial charge < -0.3 is 5.11 Å². The van der Waals surface area contributed by atoms with E-state index in [9.17, 15) is 5.11 Å². The van der Waals surface area contributed by atoms with Crippen LogP contribution in [0.3, 0.4) is 0 Å². The fourth-order valence-corrected chi connectivity index (χ4v) is 3.12. The Labute approximate surface area is 134 Å². The molecule has 0 aliphatic carbocycles. The van der Waals surface area contributed by atoms with E-state index in [1.165, 1.54) is 11.1 Å². The van der Waals surface area contributed by atoms with Crippen molar-refractivity contribution >= 4 is 0 Å². The molecule has 2 aromatic carbocycles. The summed E-state index contributed by atoms with van der Waals surface area (Å²) in [6.07, 6.45) is 0.920. The molecular weight excluding hydrogens is 270 g/mol. The van der Waals surface area contributed by atoms with E-state index < -0.39 is 5.60 Å². The van der Waals surface area contributed by atoms with Crippen LogP contribution >= 0.6 is 0 Å². The van der Waals surface area contributed by atoms with Gasteiger partial charge in [-0.3, -0.25) is 4.90 Å². The summed E-state index contributed by atoms with van der Waals surface area (Å²) in [5, 5.41) is 10.6. The minimum Gasteiger partial charge on any atom is -0.389 e. The van der Waals surface area contributed by atoms with Gasteiger partial charge in [0.25, 0.3) is 0 Å². The molecular formula is C20H27NO. The molecule has 0 saturated carbocycles. The summed E-state index contributed by atoms with van der Waals surface area (Å²) in [6.45, 7) is 7.65. The molecule has 0 unspecified atom stereocenters. The molecule has 2 heteroatoms. The van der Waals surface area contributed by atoms with Crippen molar-refractivity contribution in [2.45, 2.75) is 51.9 Å². The molecule has 0 aliphatic heterocycles. The Morgan fingerprint density at radius 2 is 1.27 bits per heavy atom. The monoisotopic (exact) mass is 297 g/mol. The third-order valence-corrected chi connectivity index (χ3v) is 4.10. The fourth-order valence-electron chi connectivity index (χ4n) is 3.12. The summed E-state index contributed by atoms with van der Waals surface area (Å²) in [5.74, 6) is 0. The van der Waals surface area contributed by atoms with Crippen LogP contribution in [0.4, 0.5) is 0 Å². The van der Waals surface area contributed by atoms with Crippen molar-refractivity contribution in [3.63, 3.8) is 0 Å². The van der Waals surface area contributed by atoms with Gasteiger partial charge in [-0.25, -0.2) is 0 Å². The second-order valence-electron chi connectivity index (χ2n) is 6.45. The maximum atomic E-state index is 10.6. The van der Waals surface area contributed by atoms with Gasteiger partial charge >= 0.3 is 0 Å². The summed E-state index contributed by atoms with van der Waals surface area (Å²) in [5.41, 5.74) is 1.83. The molecule has 0 radical (unpaired) electrons. The number of hydrogen-bond donors (Lipinski definition) is 1. The van der Waals surface area contributed by atoms with E-state index in [0.29, 0.717) is 0 Å². The van der Waals surface area contributed by atoms with Crippen LogP contribution < -0.4 is 0 Å². The zero-order valence-corrected chi connectivity index (χ0v) is 13.9. The highest BCUT2D eigenvalue weighted by Crippen LogP contribution is 2.23. The van der Waals surface area contributed by atoms with Crippen molar-refractivity contribution in [3.8, 4) is 0 Å². The van der Waals surface area contributed by atoms with E-state index in [2.05, 4.69) is 60.4 Å². The number of rotatable bonds is 7. The van der Waals surface area contributed by atoms with Crippen LogP contribution in [-0.4, -0.2) is 21.6 Å². The lowest BCUT2D eigenvalue weighted by Crippen LogP contribution is -2.48. The van der Waals surface area contributed by atoms with E-state index in [1.54, 1.807) is 0 Å². The van der Waals surface area contributed by atoms with Gasteiger partial charge in [0.1, 0.15) is 0 Å². The average Bonchev–Trinajstić information content (AvgIpc) is 2.48. The molecule has 0 saturated heterocycles. The van der Waals surface area contributed by atoms with Crippen molar-refractivity contribution in [1.29, 1.82) is 0 Å². The summed E-state index contributed by atoms with van der Waals surface area (Å²) >= 11 is 0. The smallest absolute Gasteiger partial charge is 0.0746 e. The molecule has 0 fully saturated rings. The van der Waals surface area contributed by atoms with Crippen molar-refractivity contribution in [2.75, 3.05) is 0 Å². The lowest BCUT2D eigenvalue weighted by Gasteiger charge is -2.39. The Hall–Kier alpha value is -1.64. The Bertz CT molecular complexity index is 503. The predicted molar refractivity (Wildman–Crippen MR) is 92.5 cm³/mol. The number of nitrogens with zero attached hydrogens (tertiary/aromatic N) is 1. The quantitative estimate of drug-likeness (QED) is 0.826. The van der Waals surface area contributed by atoms with E-state index >= 15 is 0 Å². The Morgan fingerprint density at radius 3 is 1.59 bits per heavy atom. The van der Waals surface area contributed by atoms with Gasteiger partial charge in [-0.2, -0.15) is 0 Å². The summed E-state index contributed by atoms with van der Waals surface area (Å²) in [6, 6.07) is 21.1. The van der Waals surface area contributed by atoms with Gasteiger partial charge in [0.2, 0.25) is 0 Å². The zero-order valence-electron chi connectivity index (χ0n) is 13.9. The first-order valence-electron chi connectivity index (χ1n) is 8.05. The topological polar surface area (TPSA) is 23.5 Å². The minimum atomic E-state index is -0.724. The lowest BCUT2D eigenvalue weighted by molar-refractivity contribution is -0.0285. The molecule has 0 spiro atoms. The summed E-state index contributed by atoms with van der Waals surface area (Å²) in [7, 11) is 0. The maximum absolute atomic E-state index is 10.6. The molecule has 0 amide bonds. The van der Waals surface area contributed by atoms with Gasteiger partial charge in [-0.1, -0.05) is 67.6 Å². The fraction of sp³-hybridized carbons (Fsp3) is 0.400. The van der Waals surface area contributed by atoms with Crippen LogP contribution in [0.25, 0.3) is 0 Å². The summed E-state index contributed by atoms with van der Waals surface area (Å²) < 4.78 is 0. The zero-order chi connectivity index (χ0) is 16.0. The maximum Gasteiger partial charge on any atom is 0.0746 e. The highest BCUT2D eigenvalue weighted by molar-refractivity contribution is 5.17. The van der Waals surface area contributed by atoms with Crippen molar-refractivity contribution < 1.29 is 5.11 Å². The van der Waals surface area contributed by atoms with Gasteiger partial charge in [0.05, 0.1) is 5.60 Å². The second-order valence-corrected chi connectivity index (χ2v) is 6.45. The number of hydrogen-bond acceptors (Lipinski definition) is 2. The minimum absolute atomic E-state index is 0.118. The van der Waals surface area contributed by atoms with Crippen LogP contribution in [0.2, 0.25) is 0 Å². The normalized spacial score (nSPS) is 13.3. The highest BCUT2D eigenvalue weighted by Gasteiger charge is 2.30. The predicted octanol–water partition coefficient (Wildman–Crippen LogP) is 4.24. The SMILES string of the molecule is CC[C@H](N(Cc1ccccc1)Cc1ccccc1)C(C)(C)O. The van der Waals surface area contributed by atoms with Crippen LogP contribution in [0.1, 0.15) is 38.3 Å². The molecule has 118 valence electrons. The first-order chi connectivity index (χ1) is 10.5. The first kappa shape index (κ1) is 16.7. The molecule has 2 nitrogen and oxygen atoms in total. The summed E-state index contributed by atoms with van der Waals surface area (Å²) in [4.78, 5) is 2.38. The first-order valence-corrected chi connectivity index (χ1v) is 8.05. The second kappa shape index (κ2) is 7.57. The molecule has 2 rings (SSSR count). The molecule has 2 aromatic rings.